The van der Waals surface area contributed by atoms with Gasteiger partial charge in [0.1, 0.15) is 5.82 Å². The predicted octanol–water partition coefficient (Wildman–Crippen LogP) is 7.04. The van der Waals surface area contributed by atoms with Crippen LogP contribution in [0.2, 0.25) is 0 Å². The Bertz CT molecular complexity index is 1660. The maximum atomic E-state index is 15.6. The van der Waals surface area contributed by atoms with E-state index in [-0.39, 0.29) is 44.0 Å². The highest BCUT2D eigenvalue weighted by atomic mass is 32.2. The number of halogens is 5. The zero-order chi connectivity index (χ0) is 29.3. The summed E-state index contributed by atoms with van der Waals surface area (Å²) >= 11 is 0.725. The molecule has 15 heteroatoms. The molecular weight excluding hydrogens is 589 g/mol. The van der Waals surface area contributed by atoms with E-state index in [0.29, 0.717) is 25.2 Å². The van der Waals surface area contributed by atoms with Crippen LogP contribution in [0.1, 0.15) is 31.2 Å². The fourth-order valence-corrected chi connectivity index (χ4v) is 6.43. The molecule has 0 radical (unpaired) electrons. The number of aromatic nitrogens is 3. The second-order valence-electron chi connectivity index (χ2n) is 9.06. The molecule has 4 aromatic rings. The standard InChI is InChI=1S/C26H22F5N5O3S2/c27-25(28)14-4-1-5-15-32-19-11-7-13-21(34-19)41(37,38)36-24-35-22(16-8-2-3-9-17(16)25)23(40-24)18-10-6-12-20(33-18)39-26(29,30)31/h2-3,6-13H,1,4-5,14-15H2,(H,32,34)(H,35,36). The van der Waals surface area contributed by atoms with E-state index in [1.807, 2.05) is 0 Å². The molecule has 0 amide bonds. The molecule has 1 aliphatic rings. The number of nitrogens with one attached hydrogen (secondary N) is 2. The van der Waals surface area contributed by atoms with Gasteiger partial charge in [-0.25, -0.2) is 23.7 Å². The predicted molar refractivity (Wildman–Crippen MR) is 143 cm³/mol. The van der Waals surface area contributed by atoms with Gasteiger partial charge in [0.25, 0.3) is 15.9 Å². The summed E-state index contributed by atoms with van der Waals surface area (Å²) in [7, 11) is -4.29. The van der Waals surface area contributed by atoms with Gasteiger partial charge in [-0.3, -0.25) is 4.72 Å². The largest absolute Gasteiger partial charge is 0.574 e. The molecule has 0 atom stereocenters. The molecule has 3 aromatic heterocycles. The molecule has 2 N–H and O–H groups in total. The average Bonchev–Trinajstić information content (AvgIpc) is 3.32. The molecule has 0 fully saturated rings. The lowest BCUT2D eigenvalue weighted by molar-refractivity contribution is -0.276. The van der Waals surface area contributed by atoms with E-state index >= 15 is 8.78 Å². The molecule has 4 heterocycles. The van der Waals surface area contributed by atoms with Crippen LogP contribution in [0.4, 0.5) is 32.9 Å². The minimum absolute atomic E-state index is 0.00996. The first kappa shape index (κ1) is 28.7. The summed E-state index contributed by atoms with van der Waals surface area (Å²) in [5, 5.41) is 2.47. The van der Waals surface area contributed by atoms with E-state index in [9.17, 15) is 21.6 Å². The molecule has 0 saturated heterocycles. The minimum atomic E-state index is -5.02. The van der Waals surface area contributed by atoms with Crippen LogP contribution in [-0.4, -0.2) is 36.3 Å². The Morgan fingerprint density at radius 2 is 1.68 bits per heavy atom. The van der Waals surface area contributed by atoms with Gasteiger partial charge in [0.15, 0.2) is 10.2 Å². The molecule has 216 valence electrons. The van der Waals surface area contributed by atoms with Crippen LogP contribution < -0.4 is 14.8 Å². The molecule has 5 rings (SSSR count). The van der Waals surface area contributed by atoms with Gasteiger partial charge in [-0.15, -0.1) is 13.2 Å². The summed E-state index contributed by atoms with van der Waals surface area (Å²) in [4.78, 5) is 12.4. The fourth-order valence-electron chi connectivity index (χ4n) is 4.28. The summed E-state index contributed by atoms with van der Waals surface area (Å²) < 4.78 is 102. The number of anilines is 2. The molecule has 1 aromatic carbocycles. The van der Waals surface area contributed by atoms with Gasteiger partial charge >= 0.3 is 6.36 Å². The smallest absolute Gasteiger partial charge is 0.388 e. The number of thiazole rings is 1. The number of hydrogen-bond donors (Lipinski definition) is 2. The van der Waals surface area contributed by atoms with Crippen LogP contribution in [0.5, 0.6) is 5.88 Å². The third-order valence-electron chi connectivity index (χ3n) is 6.07. The summed E-state index contributed by atoms with van der Waals surface area (Å²) in [6, 6.07) is 13.6. The number of nitrogens with zero attached hydrogens (tertiary/aromatic N) is 3. The van der Waals surface area contributed by atoms with Crippen molar-refractivity contribution in [3.63, 3.8) is 0 Å². The van der Waals surface area contributed by atoms with E-state index in [0.717, 1.165) is 17.4 Å². The highest BCUT2D eigenvalue weighted by Gasteiger charge is 2.36. The van der Waals surface area contributed by atoms with E-state index in [1.54, 1.807) is 6.07 Å². The molecule has 1 aliphatic heterocycles. The molecule has 8 nitrogen and oxygen atoms in total. The third-order valence-corrected chi connectivity index (χ3v) is 8.44. The second-order valence-corrected chi connectivity index (χ2v) is 11.7. The van der Waals surface area contributed by atoms with Crippen LogP contribution in [0.3, 0.4) is 0 Å². The third kappa shape index (κ3) is 6.73. The number of alkyl halides is 5. The van der Waals surface area contributed by atoms with Crippen LogP contribution >= 0.6 is 11.3 Å². The maximum Gasteiger partial charge on any atom is 0.574 e. The van der Waals surface area contributed by atoms with Crippen LogP contribution in [-0.2, 0) is 15.9 Å². The zero-order valence-electron chi connectivity index (χ0n) is 21.1. The SMILES string of the molecule is O=S1(=O)Nc2nc(c(-c3cccc(OC(F)(F)F)n3)s2)-c2ccccc2C(F)(F)CCCCCNc2cccc1n2. The van der Waals surface area contributed by atoms with Crippen molar-refractivity contribution in [3.8, 4) is 27.7 Å². The van der Waals surface area contributed by atoms with Gasteiger partial charge in [-0.1, -0.05) is 54.2 Å². The number of benzene rings is 1. The zero-order valence-corrected chi connectivity index (χ0v) is 22.7. The topological polar surface area (TPSA) is 106 Å². The van der Waals surface area contributed by atoms with Gasteiger partial charge in [-0.2, -0.15) is 8.42 Å². The Labute approximate surface area is 235 Å². The van der Waals surface area contributed by atoms with Gasteiger partial charge in [0, 0.05) is 30.2 Å². The fraction of sp³-hybridized carbons (Fsp3) is 0.269. The van der Waals surface area contributed by atoms with Gasteiger partial charge in [0.05, 0.1) is 16.3 Å². The lowest BCUT2D eigenvalue weighted by Crippen LogP contribution is -2.18. The Hall–Kier alpha value is -3.85. The highest BCUT2D eigenvalue weighted by molar-refractivity contribution is 7.92. The minimum Gasteiger partial charge on any atom is -0.388 e. The van der Waals surface area contributed by atoms with Gasteiger partial charge < -0.3 is 10.1 Å². The van der Waals surface area contributed by atoms with E-state index in [1.165, 1.54) is 48.5 Å². The molecule has 4 bridgehead atoms. The molecular formula is C26H22F5N5O3S2. The van der Waals surface area contributed by atoms with Crippen molar-refractivity contribution < 1.29 is 35.1 Å². The maximum absolute atomic E-state index is 15.6. The first-order chi connectivity index (χ1) is 19.4. The first-order valence-corrected chi connectivity index (χ1v) is 14.7. The van der Waals surface area contributed by atoms with Crippen molar-refractivity contribution in [1.29, 1.82) is 0 Å². The summed E-state index contributed by atoms with van der Waals surface area (Å²) in [5.41, 5.74) is -0.516. The van der Waals surface area contributed by atoms with Crippen LogP contribution in [0.15, 0.2) is 65.7 Å². The summed E-state index contributed by atoms with van der Waals surface area (Å²) in [6.07, 6.45) is -4.23. The Morgan fingerprint density at radius 1 is 0.902 bits per heavy atom. The number of pyridine rings is 2. The van der Waals surface area contributed by atoms with Crippen molar-refractivity contribution in [3.05, 3.63) is 66.2 Å². The van der Waals surface area contributed by atoms with E-state index in [2.05, 4.69) is 29.7 Å². The summed E-state index contributed by atoms with van der Waals surface area (Å²) in [5.74, 6) is -3.76. The monoisotopic (exact) mass is 611 g/mol. The van der Waals surface area contributed by atoms with E-state index < -0.39 is 34.6 Å². The van der Waals surface area contributed by atoms with Crippen molar-refractivity contribution in [2.45, 2.75) is 43.0 Å². The van der Waals surface area contributed by atoms with Crippen molar-refractivity contribution in [2.24, 2.45) is 0 Å². The van der Waals surface area contributed by atoms with Crippen molar-refractivity contribution in [2.75, 3.05) is 16.6 Å². The average molecular weight is 612 g/mol. The quantitative estimate of drug-likeness (QED) is 0.234. The first-order valence-electron chi connectivity index (χ1n) is 12.4. The number of ether oxygens (including phenoxy) is 1. The lowest BCUT2D eigenvalue weighted by atomic mass is 9.94. The summed E-state index contributed by atoms with van der Waals surface area (Å²) in [6.45, 7) is 0.412. The van der Waals surface area contributed by atoms with Gasteiger partial charge in [-0.05, 0) is 31.0 Å². The number of sulfonamides is 1. The van der Waals surface area contributed by atoms with Gasteiger partial charge in [0.2, 0.25) is 5.88 Å². The lowest BCUT2D eigenvalue weighted by Gasteiger charge is -2.20. The Balaban J connectivity index is 1.68. The Morgan fingerprint density at radius 3 is 2.49 bits per heavy atom. The van der Waals surface area contributed by atoms with E-state index in [4.69, 9.17) is 0 Å². The normalized spacial score (nSPS) is 16.9. The molecule has 0 saturated carbocycles. The molecule has 0 aliphatic carbocycles. The Kier molecular flexibility index (Phi) is 7.83. The van der Waals surface area contributed by atoms with Crippen molar-refractivity contribution >= 4 is 32.3 Å². The number of rotatable bonds is 2. The molecule has 0 spiro atoms. The second kappa shape index (κ2) is 11.2. The number of hydrogen-bond acceptors (Lipinski definition) is 8. The highest BCUT2D eigenvalue weighted by Crippen LogP contribution is 2.45. The number of fused-ring (bicyclic) bond motifs is 6. The molecule has 41 heavy (non-hydrogen) atoms. The van der Waals surface area contributed by atoms with Crippen LogP contribution in [0, 0.1) is 0 Å². The molecule has 0 unspecified atom stereocenters. The van der Waals surface area contributed by atoms with Crippen LogP contribution in [0.25, 0.3) is 21.8 Å². The van der Waals surface area contributed by atoms with Crippen molar-refractivity contribution in [1.82, 2.24) is 15.0 Å².